The number of aromatic nitrogens is 24. The number of hydrogen-bond acceptors (Lipinski definition) is 31. The molecule has 137 heavy (non-hydrogen) atoms. The normalized spacial score (nSPS) is 15.3. The van der Waals surface area contributed by atoms with Gasteiger partial charge in [-0.05, 0) is 325 Å². The second-order valence-electron chi connectivity index (χ2n) is 35.1. The van der Waals surface area contributed by atoms with Crippen molar-refractivity contribution in [3.63, 3.8) is 0 Å². The van der Waals surface area contributed by atoms with Gasteiger partial charge in [0, 0.05) is 87.8 Å². The molecule has 6 heterocycles. The van der Waals surface area contributed by atoms with Crippen LogP contribution in [-0.2, 0) is 111 Å². The van der Waals surface area contributed by atoms with Gasteiger partial charge in [0.05, 0.1) is 57.0 Å². The van der Waals surface area contributed by atoms with Crippen molar-refractivity contribution in [2.75, 3.05) is 6.26 Å². The summed E-state index contributed by atoms with van der Waals surface area (Å²) >= 11 is 1.53. The molecule has 7 saturated carbocycles. The van der Waals surface area contributed by atoms with E-state index < -0.39 is 0 Å². The number of tetrazole rings is 6. The zero-order valence-corrected chi connectivity index (χ0v) is 81.3. The van der Waals surface area contributed by atoms with Crippen molar-refractivity contribution in [2.24, 2.45) is 79.1 Å². The highest BCUT2D eigenvalue weighted by atomic mass is 32.2. The van der Waals surface area contributed by atoms with Crippen LogP contribution in [0.4, 0.5) is 0 Å². The third kappa shape index (κ3) is 25.3. The maximum absolute atomic E-state index is 12.2. The second kappa shape index (κ2) is 45.8. The Morgan fingerprint density at radius 1 is 0.328 bits per heavy atom. The summed E-state index contributed by atoms with van der Waals surface area (Å²) in [5.74, 6) is 3.83. The standard InChI is InChI=1S/C17H21N5O2.C17H23N5O2.C16H21N5O2.C15H19N5O2S.C15H19N5O2.C14H17N5O2/c1-11(12-6-7-12)18-24-10-15-14(13-8-9-13)4-3-5-16(15)22-17(23)21(2)19-20-22;1-4-6-12(2)18-24-11-15-14(13-9-10-13)7-5-8-16(15)22-17(23)21(3)19-20-22;1-4-11(2)17-23-10-14-13(12-8-9-12)6-5-7-15(14)21-16(22)20(3)18-19-21;1-10(23-3)16-22-9-13-12(11-7-8-11)5-4-6-14(13)20-15(21)19(2)17-18-20;1-10(2)16-22-9-13-12(11-7-8-11)5-4-6-14(13)20-15(21)19(3)17-18-20;1-3-15-21-9-12-11(10-7-8-10)5-4-6-13(12)19-14(20)18(2)16-17-19/h3-5,12-13H,6-10H2,1-2H3;5,7-8,13H,4,6,9-11H2,1-3H3;5-7,12H,4,8-10H2,1-3H3;4-6,11H,7-9H2,1-3H3;4-6,11H,7-9H2,1-3H3;3-6,10H,7-9H2,1-2H3. The van der Waals surface area contributed by atoms with Gasteiger partial charge in [0.2, 0.25) is 0 Å². The maximum Gasteiger partial charge on any atom is 0.368 e. The van der Waals surface area contributed by atoms with E-state index in [0.29, 0.717) is 98.1 Å². The molecule has 43 heteroatoms. The first-order chi connectivity index (χ1) is 66.3. The third-order valence-corrected chi connectivity index (χ3v) is 24.7. The van der Waals surface area contributed by atoms with Gasteiger partial charge in [0.25, 0.3) is 0 Å². The molecule has 7 aliphatic carbocycles. The molecule has 19 rings (SSSR count). The van der Waals surface area contributed by atoms with E-state index in [1.807, 2.05) is 128 Å². The van der Waals surface area contributed by atoms with E-state index in [-0.39, 0.29) is 34.1 Å². The fourth-order valence-corrected chi connectivity index (χ4v) is 15.6. The van der Waals surface area contributed by atoms with Gasteiger partial charge in [-0.1, -0.05) is 124 Å². The van der Waals surface area contributed by atoms with Crippen LogP contribution in [0.3, 0.4) is 0 Å². The van der Waals surface area contributed by atoms with Crippen molar-refractivity contribution in [3.8, 4) is 34.1 Å². The summed E-state index contributed by atoms with van der Waals surface area (Å²) < 4.78 is 15.2. The van der Waals surface area contributed by atoms with E-state index >= 15 is 0 Å². The average molecular weight is 1890 g/mol. The molecule has 0 atom stereocenters. The summed E-state index contributed by atoms with van der Waals surface area (Å²) in [4.78, 5) is 106. The van der Waals surface area contributed by atoms with Crippen molar-refractivity contribution < 1.29 is 29.0 Å². The van der Waals surface area contributed by atoms with Crippen LogP contribution < -0.4 is 34.1 Å². The first kappa shape index (κ1) is 98.7. The molecule has 0 aliphatic heterocycles. The van der Waals surface area contributed by atoms with Gasteiger partial charge in [0.15, 0.2) is 0 Å². The molecule has 0 N–H and O–H groups in total. The molecular weight excluding hydrogens is 1770 g/mol. The summed E-state index contributed by atoms with van der Waals surface area (Å²) in [6.07, 6.45) is 22.8. The Morgan fingerprint density at radius 2 is 0.569 bits per heavy atom. The van der Waals surface area contributed by atoms with Crippen LogP contribution in [0.25, 0.3) is 34.1 Å². The van der Waals surface area contributed by atoms with Crippen LogP contribution in [0.5, 0.6) is 0 Å². The summed E-state index contributed by atoms with van der Waals surface area (Å²) in [6.45, 7) is 19.4. The second-order valence-corrected chi connectivity index (χ2v) is 36.1. The highest BCUT2D eigenvalue weighted by Crippen LogP contribution is 2.48. The van der Waals surface area contributed by atoms with E-state index in [0.717, 1.165) is 97.6 Å². The van der Waals surface area contributed by atoms with Gasteiger partial charge in [-0.3, -0.25) is 0 Å². The van der Waals surface area contributed by atoms with Gasteiger partial charge in [0.1, 0.15) is 44.7 Å². The molecule has 0 saturated heterocycles. The molecule has 0 amide bonds. The lowest BCUT2D eigenvalue weighted by atomic mass is 10.0. The minimum Gasteiger partial charge on any atom is -0.391 e. The molecule has 7 fully saturated rings. The monoisotopic (exact) mass is 1890 g/mol. The molecule has 0 spiro atoms. The van der Waals surface area contributed by atoms with Crippen LogP contribution in [-0.4, -0.2) is 159 Å². The van der Waals surface area contributed by atoms with E-state index in [1.165, 1.54) is 191 Å². The van der Waals surface area contributed by atoms with Crippen LogP contribution >= 0.6 is 11.8 Å². The van der Waals surface area contributed by atoms with E-state index in [1.54, 1.807) is 55.4 Å². The third-order valence-electron chi connectivity index (χ3n) is 24.0. The lowest BCUT2D eigenvalue weighted by molar-refractivity contribution is 0.128. The minimum absolute atomic E-state index is 0.262. The Labute approximate surface area is 794 Å². The average Bonchev–Trinajstić information content (AvgIpc) is 1.67. The quantitative estimate of drug-likeness (QED) is 0.0205. The molecule has 6 aromatic carbocycles. The van der Waals surface area contributed by atoms with Crippen LogP contribution in [0, 0.1) is 5.92 Å². The molecule has 6 aromatic heterocycles. The summed E-state index contributed by atoms with van der Waals surface area (Å²) in [5, 5.41) is 71.7. The lowest BCUT2D eigenvalue weighted by Crippen LogP contribution is -2.23. The molecular formula is C94H120N30O12S. The topological polar surface area (TPSA) is 446 Å². The number of oxime groups is 6. The van der Waals surface area contributed by atoms with Crippen LogP contribution in [0.15, 0.2) is 169 Å². The number of aryl methyl sites for hydroxylation is 6. The molecule has 7 aliphatic rings. The number of benzene rings is 6. The van der Waals surface area contributed by atoms with Gasteiger partial charge >= 0.3 is 34.1 Å². The SMILES string of the molecule is CC(=NOCc1c(C2CC2)cccc1-n1nnn(C)c1=O)C1CC1.CC(C)=NOCc1c(C2CC2)cccc1-n1nnn(C)c1=O.CC=NOCc1c(C2CC2)cccc1-n1nnn(C)c1=O.CCC(C)=NOCc1c(C2CC2)cccc1-n1nnn(C)c1=O.CCCC(C)=NOCc1c(C2CC2)cccc1-n1nnn(C)c1=O.CSC(C)=NOCc1c(C2CC2)cccc1-n1nnn(C)c1=O. The Kier molecular flexibility index (Phi) is 33.0. The largest absolute Gasteiger partial charge is 0.391 e. The van der Waals surface area contributed by atoms with Gasteiger partial charge < -0.3 is 29.0 Å². The molecule has 0 radical (unpaired) electrons. The van der Waals surface area contributed by atoms with E-state index in [4.69, 9.17) is 29.0 Å². The molecule has 42 nitrogen and oxygen atoms in total. The Morgan fingerprint density at radius 3 is 0.781 bits per heavy atom. The number of nitrogens with zero attached hydrogens (tertiary/aromatic N) is 30. The molecule has 0 bridgehead atoms. The fraction of sp³-hybridized carbons (Fsp3) is 0.489. The smallest absolute Gasteiger partial charge is 0.368 e. The van der Waals surface area contributed by atoms with Crippen molar-refractivity contribution >= 4 is 45.9 Å². The fourth-order valence-electron chi connectivity index (χ4n) is 15.4. The number of thioether (sulfide) groups is 1. The minimum atomic E-state index is -0.275. The van der Waals surface area contributed by atoms with Crippen molar-refractivity contribution in [3.05, 3.63) is 239 Å². The van der Waals surface area contributed by atoms with Crippen LogP contribution in [0.1, 0.15) is 274 Å². The zero-order chi connectivity index (χ0) is 97.1. The van der Waals surface area contributed by atoms with E-state index in [2.05, 4.69) is 137 Å². The zero-order valence-electron chi connectivity index (χ0n) is 80.5. The Balaban J connectivity index is 0.000000131. The van der Waals surface area contributed by atoms with Gasteiger partial charge in [-0.25, -0.2) is 28.8 Å². The van der Waals surface area contributed by atoms with E-state index in [9.17, 15) is 28.8 Å². The number of rotatable bonds is 34. The summed E-state index contributed by atoms with van der Waals surface area (Å²) in [6, 6.07) is 35.5. The predicted octanol–water partition coefficient (Wildman–Crippen LogP) is 12.0. The lowest BCUT2D eigenvalue weighted by Gasteiger charge is -2.13. The first-order valence-corrected chi connectivity index (χ1v) is 47.6. The molecule has 0 unspecified atom stereocenters. The summed E-state index contributed by atoms with van der Waals surface area (Å²) in [5.41, 5.74) is 19.5. The summed E-state index contributed by atoms with van der Waals surface area (Å²) in [7, 11) is 9.51. The highest BCUT2D eigenvalue weighted by Gasteiger charge is 2.35. The Bertz CT molecular complexity index is 6660. The maximum atomic E-state index is 12.2. The van der Waals surface area contributed by atoms with Crippen molar-refractivity contribution in [2.45, 2.75) is 247 Å². The number of hydrogen-bond donors (Lipinski definition) is 0. The molecule has 12 aromatic rings. The predicted molar refractivity (Wildman–Crippen MR) is 517 cm³/mol. The first-order valence-electron chi connectivity index (χ1n) is 46.4. The Hall–Kier alpha value is -14.3. The van der Waals surface area contributed by atoms with Gasteiger partial charge in [-0.2, -0.15) is 56.2 Å². The van der Waals surface area contributed by atoms with Crippen molar-refractivity contribution in [1.29, 1.82) is 0 Å². The van der Waals surface area contributed by atoms with Crippen LogP contribution in [0.2, 0.25) is 0 Å². The highest BCUT2D eigenvalue weighted by molar-refractivity contribution is 8.13. The molecule has 724 valence electrons. The van der Waals surface area contributed by atoms with Gasteiger partial charge in [-0.15, -0.1) is 11.8 Å². The van der Waals surface area contributed by atoms with Crippen molar-refractivity contribution in [1.82, 2.24) is 119 Å².